The first-order valence-corrected chi connectivity index (χ1v) is 6.46. The third-order valence-electron chi connectivity index (χ3n) is 3.48. The summed E-state index contributed by atoms with van der Waals surface area (Å²) in [6.07, 6.45) is 2.71. The Hall–Kier alpha value is -2.04. The molecule has 1 unspecified atom stereocenters. The van der Waals surface area contributed by atoms with Crippen LogP contribution >= 0.6 is 0 Å². The van der Waals surface area contributed by atoms with E-state index in [1.165, 1.54) is 0 Å². The molecule has 19 heavy (non-hydrogen) atoms. The molecule has 1 atom stereocenters. The van der Waals surface area contributed by atoms with Crippen LogP contribution in [0.15, 0.2) is 29.4 Å². The van der Waals surface area contributed by atoms with Crippen LogP contribution in [0, 0.1) is 11.8 Å². The Morgan fingerprint density at radius 3 is 2.63 bits per heavy atom. The van der Waals surface area contributed by atoms with Crippen molar-refractivity contribution in [2.75, 3.05) is 5.32 Å². The van der Waals surface area contributed by atoms with Crippen molar-refractivity contribution < 1.29 is 10.0 Å². The fraction of sp³-hybridized carbons (Fsp3) is 0.429. The maximum absolute atomic E-state index is 11.9. The summed E-state index contributed by atoms with van der Waals surface area (Å²) in [5.74, 6) is 0.877. The number of carbonyl (C=O) groups excluding carboxylic acids is 1. The Kier molecular flexibility index (Phi) is 4.04. The molecular formula is C14H19N3O2. The van der Waals surface area contributed by atoms with Crippen molar-refractivity contribution in [3.63, 3.8) is 0 Å². The molecule has 1 aromatic rings. The average molecular weight is 261 g/mol. The second-order valence-corrected chi connectivity index (χ2v) is 5.08. The van der Waals surface area contributed by atoms with Gasteiger partial charge in [-0.3, -0.25) is 4.79 Å². The predicted octanol–water partition coefficient (Wildman–Crippen LogP) is 1.96. The van der Waals surface area contributed by atoms with Gasteiger partial charge in [0.15, 0.2) is 0 Å². The largest absolute Gasteiger partial charge is 0.409 e. The highest BCUT2D eigenvalue weighted by Gasteiger charge is 2.32. The van der Waals surface area contributed by atoms with Gasteiger partial charge in [0.05, 0.1) is 0 Å². The van der Waals surface area contributed by atoms with Gasteiger partial charge >= 0.3 is 0 Å². The molecule has 0 spiro atoms. The zero-order chi connectivity index (χ0) is 13.8. The first kappa shape index (κ1) is 13.4. The van der Waals surface area contributed by atoms with Gasteiger partial charge in [0.1, 0.15) is 5.84 Å². The van der Waals surface area contributed by atoms with Crippen molar-refractivity contribution in [1.82, 2.24) is 0 Å². The number of amides is 1. The Bertz CT molecular complexity index is 478. The molecule has 1 fully saturated rings. The Labute approximate surface area is 112 Å². The van der Waals surface area contributed by atoms with E-state index in [1.807, 2.05) is 31.2 Å². The van der Waals surface area contributed by atoms with Crippen LogP contribution in [-0.2, 0) is 11.2 Å². The molecule has 0 radical (unpaired) electrons. The van der Waals surface area contributed by atoms with E-state index in [4.69, 9.17) is 10.9 Å². The standard InChI is InChI=1S/C14H19N3O2/c1-9(11-4-5-11)14(18)16-12-6-2-10(3-7-12)8-13(15)17-19/h2-3,6-7,9,11,19H,4-5,8H2,1H3,(H2,15,17)(H,16,18). The molecule has 4 N–H and O–H groups in total. The second kappa shape index (κ2) is 5.73. The van der Waals surface area contributed by atoms with Gasteiger partial charge in [-0.05, 0) is 36.5 Å². The molecule has 1 aromatic carbocycles. The quantitative estimate of drug-likeness (QED) is 0.328. The van der Waals surface area contributed by atoms with Crippen LogP contribution in [-0.4, -0.2) is 17.0 Å². The number of oxime groups is 1. The molecule has 1 aliphatic rings. The Morgan fingerprint density at radius 1 is 1.47 bits per heavy atom. The Balaban J connectivity index is 1.92. The van der Waals surface area contributed by atoms with Crippen molar-refractivity contribution in [2.24, 2.45) is 22.7 Å². The van der Waals surface area contributed by atoms with Crippen LogP contribution in [0.1, 0.15) is 25.3 Å². The summed E-state index contributed by atoms with van der Waals surface area (Å²) in [6, 6.07) is 7.37. The fourth-order valence-corrected chi connectivity index (χ4v) is 2.02. The SMILES string of the molecule is CC(C(=O)Nc1ccc(C/C(N)=N/O)cc1)C1CC1. The van der Waals surface area contributed by atoms with Crippen molar-refractivity contribution >= 4 is 17.4 Å². The molecular weight excluding hydrogens is 242 g/mol. The second-order valence-electron chi connectivity index (χ2n) is 5.08. The van der Waals surface area contributed by atoms with Crippen LogP contribution in [0.25, 0.3) is 0 Å². The Morgan fingerprint density at radius 2 is 2.11 bits per heavy atom. The molecule has 5 heteroatoms. The lowest BCUT2D eigenvalue weighted by Gasteiger charge is -2.11. The number of carbonyl (C=O) groups is 1. The number of anilines is 1. The number of hydrogen-bond acceptors (Lipinski definition) is 3. The van der Waals surface area contributed by atoms with Gasteiger partial charge in [0.2, 0.25) is 5.91 Å². The minimum atomic E-state index is 0.0756. The highest BCUT2D eigenvalue weighted by atomic mass is 16.4. The number of nitrogens with zero attached hydrogens (tertiary/aromatic N) is 1. The first-order valence-electron chi connectivity index (χ1n) is 6.46. The maximum atomic E-state index is 11.9. The van der Waals surface area contributed by atoms with Crippen molar-refractivity contribution in [3.8, 4) is 0 Å². The van der Waals surface area contributed by atoms with E-state index in [0.29, 0.717) is 12.3 Å². The number of hydrogen-bond donors (Lipinski definition) is 3. The normalized spacial score (nSPS) is 17.0. The zero-order valence-electron chi connectivity index (χ0n) is 11.0. The van der Waals surface area contributed by atoms with Crippen molar-refractivity contribution in [2.45, 2.75) is 26.2 Å². The van der Waals surface area contributed by atoms with E-state index in [9.17, 15) is 4.79 Å². The molecule has 1 aliphatic carbocycles. The van der Waals surface area contributed by atoms with Crippen molar-refractivity contribution in [3.05, 3.63) is 29.8 Å². The number of benzene rings is 1. The predicted molar refractivity (Wildman–Crippen MR) is 74.1 cm³/mol. The summed E-state index contributed by atoms with van der Waals surface area (Å²) in [5.41, 5.74) is 7.15. The molecule has 5 nitrogen and oxygen atoms in total. The van der Waals surface area contributed by atoms with Gasteiger partial charge in [0, 0.05) is 18.0 Å². The summed E-state index contributed by atoms with van der Waals surface area (Å²) < 4.78 is 0. The van der Waals surface area contributed by atoms with Crippen LogP contribution in [0.4, 0.5) is 5.69 Å². The van der Waals surface area contributed by atoms with Crippen LogP contribution in [0.2, 0.25) is 0 Å². The van der Waals surface area contributed by atoms with E-state index in [0.717, 1.165) is 24.1 Å². The van der Waals surface area contributed by atoms with Gasteiger partial charge in [-0.15, -0.1) is 0 Å². The summed E-state index contributed by atoms with van der Waals surface area (Å²) in [5, 5.41) is 14.3. The monoisotopic (exact) mass is 261 g/mol. The maximum Gasteiger partial charge on any atom is 0.227 e. The highest BCUT2D eigenvalue weighted by molar-refractivity contribution is 5.92. The van der Waals surface area contributed by atoms with Crippen molar-refractivity contribution in [1.29, 1.82) is 0 Å². The molecule has 0 heterocycles. The lowest BCUT2D eigenvalue weighted by atomic mass is 10.1. The average Bonchev–Trinajstić information content (AvgIpc) is 3.24. The molecule has 102 valence electrons. The summed E-state index contributed by atoms with van der Waals surface area (Å²) in [4.78, 5) is 11.9. The van der Waals surface area contributed by atoms with Crippen LogP contribution < -0.4 is 11.1 Å². The molecule has 0 aliphatic heterocycles. The van der Waals surface area contributed by atoms with E-state index >= 15 is 0 Å². The van der Waals surface area contributed by atoms with E-state index < -0.39 is 0 Å². The molecule has 2 rings (SSSR count). The fourth-order valence-electron chi connectivity index (χ4n) is 2.02. The van der Waals surface area contributed by atoms with Gasteiger partial charge in [-0.2, -0.15) is 0 Å². The van der Waals surface area contributed by atoms with E-state index in [1.54, 1.807) is 0 Å². The molecule has 0 aromatic heterocycles. The zero-order valence-corrected chi connectivity index (χ0v) is 11.0. The molecule has 0 bridgehead atoms. The van der Waals surface area contributed by atoms with Crippen LogP contribution in [0.3, 0.4) is 0 Å². The highest BCUT2D eigenvalue weighted by Crippen LogP contribution is 2.37. The van der Waals surface area contributed by atoms with Gasteiger partial charge < -0.3 is 16.3 Å². The lowest BCUT2D eigenvalue weighted by Crippen LogP contribution is -2.21. The van der Waals surface area contributed by atoms with Gasteiger partial charge in [0.25, 0.3) is 0 Å². The lowest BCUT2D eigenvalue weighted by molar-refractivity contribution is -0.119. The third-order valence-corrected chi connectivity index (χ3v) is 3.48. The molecule has 0 saturated heterocycles. The number of amidine groups is 1. The topological polar surface area (TPSA) is 87.7 Å². The molecule has 1 saturated carbocycles. The smallest absolute Gasteiger partial charge is 0.227 e. The van der Waals surface area contributed by atoms with E-state index in [-0.39, 0.29) is 17.7 Å². The minimum absolute atomic E-state index is 0.0756. The van der Waals surface area contributed by atoms with Gasteiger partial charge in [-0.1, -0.05) is 24.2 Å². The summed E-state index contributed by atoms with van der Waals surface area (Å²) in [7, 11) is 0. The third kappa shape index (κ3) is 3.71. The summed E-state index contributed by atoms with van der Waals surface area (Å²) >= 11 is 0. The first-order chi connectivity index (χ1) is 9.10. The number of nitrogens with two attached hydrogens (primary N) is 1. The number of rotatable bonds is 5. The van der Waals surface area contributed by atoms with E-state index in [2.05, 4.69) is 10.5 Å². The molecule has 1 amide bonds. The minimum Gasteiger partial charge on any atom is -0.409 e. The number of nitrogens with one attached hydrogen (secondary N) is 1. The van der Waals surface area contributed by atoms with Gasteiger partial charge in [-0.25, -0.2) is 0 Å². The summed E-state index contributed by atoms with van der Waals surface area (Å²) in [6.45, 7) is 1.97. The van der Waals surface area contributed by atoms with Crippen LogP contribution in [0.5, 0.6) is 0 Å².